The normalized spacial score (nSPS) is 11.3. The molecule has 4 nitrogen and oxygen atoms in total. The number of hydrogen-bond donors (Lipinski definition) is 3. The Kier molecular flexibility index (Phi) is 3.40. The average Bonchev–Trinajstić information content (AvgIpc) is 2.16. The van der Waals surface area contributed by atoms with Crippen molar-refractivity contribution in [3.8, 4) is 0 Å². The van der Waals surface area contributed by atoms with Crippen LogP contribution in [0.4, 0.5) is 5.69 Å². The summed E-state index contributed by atoms with van der Waals surface area (Å²) in [4.78, 5) is 0. The van der Waals surface area contributed by atoms with Gasteiger partial charge in [-0.25, -0.2) is 0 Å². The predicted molar refractivity (Wildman–Crippen MR) is 53.4 cm³/mol. The van der Waals surface area contributed by atoms with Gasteiger partial charge < -0.3 is 16.3 Å². The Morgan fingerprint density at radius 2 is 2.08 bits per heavy atom. The molecule has 4 N–H and O–H groups in total. The maximum absolute atomic E-state index is 8.26. The third-order valence-electron chi connectivity index (χ3n) is 1.45. The third-order valence-corrected chi connectivity index (χ3v) is 1.70. The molecular formula is C8H10ClN3O. The Bertz CT molecular complexity index is 297. The van der Waals surface area contributed by atoms with E-state index < -0.39 is 0 Å². The molecule has 0 fully saturated rings. The van der Waals surface area contributed by atoms with Crippen molar-refractivity contribution in [2.24, 2.45) is 10.9 Å². The van der Waals surface area contributed by atoms with Crippen molar-refractivity contribution >= 4 is 23.1 Å². The van der Waals surface area contributed by atoms with Crippen LogP contribution in [0.2, 0.25) is 5.02 Å². The highest BCUT2D eigenvalue weighted by molar-refractivity contribution is 6.30. The van der Waals surface area contributed by atoms with Gasteiger partial charge in [0.05, 0.1) is 6.54 Å². The number of nitrogens with one attached hydrogen (secondary N) is 1. The number of nitrogens with two attached hydrogens (primary N) is 1. The van der Waals surface area contributed by atoms with Crippen LogP contribution in [0.15, 0.2) is 29.4 Å². The SMILES string of the molecule is N/C(CNc1ccc(Cl)cc1)=N/O. The van der Waals surface area contributed by atoms with E-state index in [1.165, 1.54) is 0 Å². The third kappa shape index (κ3) is 3.21. The molecule has 0 heterocycles. The van der Waals surface area contributed by atoms with Gasteiger partial charge in [0.2, 0.25) is 0 Å². The molecule has 0 unspecified atom stereocenters. The van der Waals surface area contributed by atoms with Gasteiger partial charge in [-0.05, 0) is 24.3 Å². The van der Waals surface area contributed by atoms with Crippen LogP contribution in [0.25, 0.3) is 0 Å². The Balaban J connectivity index is 2.51. The second kappa shape index (κ2) is 4.57. The van der Waals surface area contributed by atoms with Crippen LogP contribution in [0, 0.1) is 0 Å². The van der Waals surface area contributed by atoms with E-state index in [-0.39, 0.29) is 5.84 Å². The number of benzene rings is 1. The number of amidine groups is 1. The highest BCUT2D eigenvalue weighted by atomic mass is 35.5. The summed E-state index contributed by atoms with van der Waals surface area (Å²) in [5.74, 6) is 0.134. The van der Waals surface area contributed by atoms with Gasteiger partial charge in [0.15, 0.2) is 5.84 Å². The zero-order chi connectivity index (χ0) is 9.68. The molecule has 70 valence electrons. The van der Waals surface area contributed by atoms with Crippen molar-refractivity contribution in [3.63, 3.8) is 0 Å². The van der Waals surface area contributed by atoms with Crippen molar-refractivity contribution in [1.82, 2.24) is 0 Å². The molecule has 0 aliphatic heterocycles. The van der Waals surface area contributed by atoms with Gasteiger partial charge in [-0.3, -0.25) is 0 Å². The molecule has 0 saturated carbocycles. The average molecular weight is 200 g/mol. The molecule has 0 bridgehead atoms. The lowest BCUT2D eigenvalue weighted by molar-refractivity contribution is 0.317. The number of oxime groups is 1. The van der Waals surface area contributed by atoms with E-state index in [0.29, 0.717) is 11.6 Å². The van der Waals surface area contributed by atoms with Crippen LogP contribution < -0.4 is 11.1 Å². The minimum atomic E-state index is 0.134. The fourth-order valence-corrected chi connectivity index (χ4v) is 0.922. The van der Waals surface area contributed by atoms with Gasteiger partial charge in [-0.1, -0.05) is 16.8 Å². The molecule has 5 heteroatoms. The zero-order valence-electron chi connectivity index (χ0n) is 6.87. The number of hydrogen-bond acceptors (Lipinski definition) is 3. The lowest BCUT2D eigenvalue weighted by Crippen LogP contribution is -2.22. The van der Waals surface area contributed by atoms with Gasteiger partial charge in [0.25, 0.3) is 0 Å². The first-order chi connectivity index (χ1) is 6.22. The van der Waals surface area contributed by atoms with E-state index in [1.807, 2.05) is 12.1 Å². The smallest absolute Gasteiger partial charge is 0.158 e. The summed E-state index contributed by atoms with van der Waals surface area (Å²) in [6.45, 7) is 0.304. The topological polar surface area (TPSA) is 70.6 Å². The summed E-state index contributed by atoms with van der Waals surface area (Å²) in [5.41, 5.74) is 6.13. The summed E-state index contributed by atoms with van der Waals surface area (Å²) in [6.07, 6.45) is 0. The maximum atomic E-state index is 8.26. The molecule has 0 saturated heterocycles. The number of halogens is 1. The number of anilines is 1. The molecule has 1 aromatic rings. The quantitative estimate of drug-likeness (QED) is 0.299. The summed E-state index contributed by atoms with van der Waals surface area (Å²) in [5, 5.41) is 14.7. The van der Waals surface area contributed by atoms with Crippen LogP contribution in [-0.2, 0) is 0 Å². The largest absolute Gasteiger partial charge is 0.409 e. The van der Waals surface area contributed by atoms with E-state index in [9.17, 15) is 0 Å². The van der Waals surface area contributed by atoms with Gasteiger partial charge in [-0.2, -0.15) is 0 Å². The first kappa shape index (κ1) is 9.67. The van der Waals surface area contributed by atoms with E-state index in [4.69, 9.17) is 22.5 Å². The predicted octanol–water partition coefficient (Wildman–Crippen LogP) is 1.50. The molecule has 0 radical (unpaired) electrons. The molecular weight excluding hydrogens is 190 g/mol. The molecule has 0 aromatic heterocycles. The lowest BCUT2D eigenvalue weighted by atomic mass is 10.3. The summed E-state index contributed by atoms with van der Waals surface area (Å²) >= 11 is 5.69. The Labute approximate surface area is 81.0 Å². The second-order valence-electron chi connectivity index (χ2n) is 2.45. The minimum Gasteiger partial charge on any atom is -0.409 e. The van der Waals surface area contributed by atoms with Crippen molar-refractivity contribution in [1.29, 1.82) is 0 Å². The maximum Gasteiger partial charge on any atom is 0.158 e. The standard InChI is InChI=1S/C8H10ClN3O/c9-6-1-3-7(4-2-6)11-5-8(10)12-13/h1-4,11,13H,5H2,(H2,10,12). The molecule has 1 rings (SSSR count). The highest BCUT2D eigenvalue weighted by Gasteiger charge is 1.93. The van der Waals surface area contributed by atoms with Crippen molar-refractivity contribution in [3.05, 3.63) is 29.3 Å². The molecule has 0 aliphatic carbocycles. The van der Waals surface area contributed by atoms with Crippen molar-refractivity contribution < 1.29 is 5.21 Å². The zero-order valence-corrected chi connectivity index (χ0v) is 7.62. The van der Waals surface area contributed by atoms with Gasteiger partial charge in [0, 0.05) is 10.7 Å². The Morgan fingerprint density at radius 3 is 2.62 bits per heavy atom. The van der Waals surface area contributed by atoms with E-state index in [2.05, 4.69) is 10.5 Å². The van der Waals surface area contributed by atoms with Crippen LogP contribution in [0.3, 0.4) is 0 Å². The first-order valence-corrected chi connectivity index (χ1v) is 4.06. The van der Waals surface area contributed by atoms with Crippen LogP contribution in [0.1, 0.15) is 0 Å². The van der Waals surface area contributed by atoms with Crippen molar-refractivity contribution in [2.75, 3.05) is 11.9 Å². The molecule has 1 aromatic carbocycles. The highest BCUT2D eigenvalue weighted by Crippen LogP contribution is 2.12. The van der Waals surface area contributed by atoms with Gasteiger partial charge >= 0.3 is 0 Å². The monoisotopic (exact) mass is 199 g/mol. The summed E-state index contributed by atoms with van der Waals surface area (Å²) in [6, 6.07) is 7.15. The van der Waals surface area contributed by atoms with Crippen LogP contribution >= 0.6 is 11.6 Å². The fourth-order valence-electron chi connectivity index (χ4n) is 0.796. The lowest BCUT2D eigenvalue weighted by Gasteiger charge is -2.04. The van der Waals surface area contributed by atoms with Crippen LogP contribution in [-0.4, -0.2) is 17.6 Å². The summed E-state index contributed by atoms with van der Waals surface area (Å²) in [7, 11) is 0. The number of nitrogens with zero attached hydrogens (tertiary/aromatic N) is 1. The van der Waals surface area contributed by atoms with E-state index >= 15 is 0 Å². The first-order valence-electron chi connectivity index (χ1n) is 3.68. The van der Waals surface area contributed by atoms with Gasteiger partial charge in [-0.15, -0.1) is 0 Å². The second-order valence-corrected chi connectivity index (χ2v) is 2.89. The van der Waals surface area contributed by atoms with Crippen LogP contribution in [0.5, 0.6) is 0 Å². The van der Waals surface area contributed by atoms with Crippen molar-refractivity contribution in [2.45, 2.75) is 0 Å². The number of rotatable bonds is 3. The summed E-state index contributed by atoms with van der Waals surface area (Å²) < 4.78 is 0. The Morgan fingerprint density at radius 1 is 1.46 bits per heavy atom. The van der Waals surface area contributed by atoms with Gasteiger partial charge in [0.1, 0.15) is 0 Å². The fraction of sp³-hybridized carbons (Fsp3) is 0.125. The molecule has 0 aliphatic rings. The van der Waals surface area contributed by atoms with E-state index in [0.717, 1.165) is 5.69 Å². The molecule has 13 heavy (non-hydrogen) atoms. The molecule has 0 spiro atoms. The Hall–Kier alpha value is -1.42. The minimum absolute atomic E-state index is 0.134. The molecule has 0 amide bonds. The van der Waals surface area contributed by atoms with E-state index in [1.54, 1.807) is 12.1 Å². The molecule has 0 atom stereocenters.